The predicted molar refractivity (Wildman–Crippen MR) is 73.0 cm³/mol. The minimum atomic E-state index is -0.641. The average molecular weight is 356 g/mol. The van der Waals surface area contributed by atoms with Crippen LogP contribution in [0.3, 0.4) is 0 Å². The first-order chi connectivity index (χ1) is 9.38. The molecule has 0 unspecified atom stereocenters. The molecule has 0 saturated carbocycles. The standard InChI is InChI=1S/C9H2Cl4N4O3/c10-4-1-3(17(18)19)2-5(11)6(4)20-8-7(12)15-16-9(13)14-8/h1-2H. The Morgan fingerprint density at radius 2 is 1.70 bits per heavy atom. The molecule has 0 aliphatic heterocycles. The number of benzene rings is 1. The molecule has 0 bridgehead atoms. The highest BCUT2D eigenvalue weighted by Gasteiger charge is 2.18. The van der Waals surface area contributed by atoms with Gasteiger partial charge in [-0.25, -0.2) is 0 Å². The van der Waals surface area contributed by atoms with Crippen LogP contribution in [0, 0.1) is 10.1 Å². The van der Waals surface area contributed by atoms with Gasteiger partial charge in [-0.2, -0.15) is 4.98 Å². The van der Waals surface area contributed by atoms with E-state index in [2.05, 4.69) is 15.2 Å². The van der Waals surface area contributed by atoms with Crippen molar-refractivity contribution in [2.45, 2.75) is 0 Å². The SMILES string of the molecule is O=[N+]([O-])c1cc(Cl)c(Oc2nc(Cl)nnc2Cl)c(Cl)c1. The first kappa shape index (κ1) is 15.0. The Balaban J connectivity index is 2.44. The molecule has 11 heteroatoms. The van der Waals surface area contributed by atoms with Gasteiger partial charge in [0.05, 0.1) is 15.0 Å². The fourth-order valence-electron chi connectivity index (χ4n) is 1.19. The Bertz CT molecular complexity index is 674. The van der Waals surface area contributed by atoms with Gasteiger partial charge >= 0.3 is 0 Å². The number of non-ortho nitro benzene ring substituents is 1. The van der Waals surface area contributed by atoms with E-state index in [-0.39, 0.29) is 37.8 Å². The van der Waals surface area contributed by atoms with E-state index in [4.69, 9.17) is 51.1 Å². The van der Waals surface area contributed by atoms with Crippen molar-refractivity contribution in [3.05, 3.63) is 42.7 Å². The summed E-state index contributed by atoms with van der Waals surface area (Å²) in [6, 6.07) is 2.15. The molecule has 104 valence electrons. The van der Waals surface area contributed by atoms with Gasteiger partial charge in [0.15, 0.2) is 5.75 Å². The lowest BCUT2D eigenvalue weighted by Gasteiger charge is -2.08. The highest BCUT2D eigenvalue weighted by atomic mass is 35.5. The molecule has 0 radical (unpaired) electrons. The molecule has 1 heterocycles. The van der Waals surface area contributed by atoms with Crippen molar-refractivity contribution in [1.29, 1.82) is 0 Å². The van der Waals surface area contributed by atoms with Gasteiger partial charge in [0.2, 0.25) is 10.4 Å². The number of nitrogens with zero attached hydrogens (tertiary/aromatic N) is 4. The van der Waals surface area contributed by atoms with Crippen molar-refractivity contribution in [3.8, 4) is 11.6 Å². The second-order valence-corrected chi connectivity index (χ2v) is 4.78. The van der Waals surface area contributed by atoms with Gasteiger partial charge in [-0.05, 0) is 11.6 Å². The molecule has 7 nitrogen and oxygen atoms in total. The topological polar surface area (TPSA) is 91.0 Å². The van der Waals surface area contributed by atoms with Crippen LogP contribution < -0.4 is 4.74 Å². The number of hydrogen-bond donors (Lipinski definition) is 0. The van der Waals surface area contributed by atoms with Crippen LogP contribution in [0.5, 0.6) is 11.6 Å². The molecular formula is C9H2Cl4N4O3. The van der Waals surface area contributed by atoms with E-state index < -0.39 is 4.92 Å². The van der Waals surface area contributed by atoms with Gasteiger partial charge in [0.25, 0.3) is 11.6 Å². The fourth-order valence-corrected chi connectivity index (χ4v) is 1.98. The zero-order valence-electron chi connectivity index (χ0n) is 9.18. The molecule has 0 N–H and O–H groups in total. The lowest BCUT2D eigenvalue weighted by Crippen LogP contribution is -1.96. The summed E-state index contributed by atoms with van der Waals surface area (Å²) in [5.74, 6) is -0.235. The average Bonchev–Trinajstić information content (AvgIpc) is 2.37. The monoisotopic (exact) mass is 354 g/mol. The van der Waals surface area contributed by atoms with E-state index in [1.165, 1.54) is 0 Å². The maximum absolute atomic E-state index is 10.7. The van der Waals surface area contributed by atoms with Gasteiger partial charge in [0, 0.05) is 12.1 Å². The normalized spacial score (nSPS) is 10.4. The van der Waals surface area contributed by atoms with E-state index in [1.54, 1.807) is 0 Å². The minimum absolute atomic E-state index is 0.0580. The molecule has 0 amide bonds. The predicted octanol–water partition coefficient (Wildman–Crippen LogP) is 4.19. The molecule has 20 heavy (non-hydrogen) atoms. The number of rotatable bonds is 3. The summed E-state index contributed by atoms with van der Waals surface area (Å²) in [5.41, 5.74) is -0.280. The first-order valence-electron chi connectivity index (χ1n) is 4.75. The van der Waals surface area contributed by atoms with Crippen LogP contribution in [0.4, 0.5) is 5.69 Å². The molecule has 1 aromatic carbocycles. The van der Waals surface area contributed by atoms with Crippen molar-refractivity contribution in [2.75, 3.05) is 0 Å². The summed E-state index contributed by atoms with van der Waals surface area (Å²) in [5, 5.41) is 17.0. The zero-order valence-corrected chi connectivity index (χ0v) is 12.2. The van der Waals surface area contributed by atoms with E-state index in [0.29, 0.717) is 0 Å². The van der Waals surface area contributed by atoms with Crippen LogP contribution in [-0.4, -0.2) is 20.1 Å². The van der Waals surface area contributed by atoms with E-state index >= 15 is 0 Å². The van der Waals surface area contributed by atoms with Crippen molar-refractivity contribution in [2.24, 2.45) is 0 Å². The Morgan fingerprint density at radius 1 is 1.10 bits per heavy atom. The molecule has 0 atom stereocenters. The summed E-state index contributed by atoms with van der Waals surface area (Å²) in [6.45, 7) is 0. The molecular weight excluding hydrogens is 354 g/mol. The van der Waals surface area contributed by atoms with E-state index in [1.807, 2.05) is 0 Å². The van der Waals surface area contributed by atoms with Gasteiger partial charge in [0.1, 0.15) is 0 Å². The van der Waals surface area contributed by atoms with Gasteiger partial charge in [-0.3, -0.25) is 10.1 Å². The van der Waals surface area contributed by atoms with Crippen molar-refractivity contribution < 1.29 is 9.66 Å². The fraction of sp³-hybridized carbons (Fsp3) is 0. The maximum atomic E-state index is 10.7. The van der Waals surface area contributed by atoms with Crippen LogP contribution in [-0.2, 0) is 0 Å². The molecule has 2 aromatic rings. The third-order valence-corrected chi connectivity index (χ3v) is 2.94. The van der Waals surface area contributed by atoms with Gasteiger partial charge in [-0.1, -0.05) is 34.8 Å². The number of aromatic nitrogens is 3. The summed E-state index contributed by atoms with van der Waals surface area (Å²) < 4.78 is 5.27. The van der Waals surface area contributed by atoms with Crippen LogP contribution in [0.15, 0.2) is 12.1 Å². The molecule has 2 rings (SSSR count). The lowest BCUT2D eigenvalue weighted by molar-refractivity contribution is -0.384. The quantitative estimate of drug-likeness (QED) is 0.605. The molecule has 0 aliphatic carbocycles. The number of halogens is 4. The van der Waals surface area contributed by atoms with Crippen molar-refractivity contribution in [3.63, 3.8) is 0 Å². The number of ether oxygens (including phenoxy) is 1. The Kier molecular flexibility index (Phi) is 4.44. The number of hydrogen-bond acceptors (Lipinski definition) is 6. The minimum Gasteiger partial charge on any atom is -0.433 e. The largest absolute Gasteiger partial charge is 0.433 e. The summed E-state index contributed by atoms with van der Waals surface area (Å²) in [7, 11) is 0. The highest BCUT2D eigenvalue weighted by Crippen LogP contribution is 2.40. The third kappa shape index (κ3) is 3.18. The molecule has 0 spiro atoms. The molecule has 0 fully saturated rings. The smallest absolute Gasteiger partial charge is 0.272 e. The summed E-state index contributed by atoms with van der Waals surface area (Å²) in [4.78, 5) is 13.7. The molecule has 0 aliphatic rings. The van der Waals surface area contributed by atoms with Gasteiger partial charge in [-0.15, -0.1) is 10.2 Å². The van der Waals surface area contributed by atoms with E-state index in [0.717, 1.165) is 12.1 Å². The van der Waals surface area contributed by atoms with Crippen LogP contribution in [0.1, 0.15) is 0 Å². The van der Waals surface area contributed by atoms with E-state index in [9.17, 15) is 10.1 Å². The zero-order chi connectivity index (χ0) is 14.9. The van der Waals surface area contributed by atoms with Crippen LogP contribution in [0.2, 0.25) is 20.5 Å². The van der Waals surface area contributed by atoms with Crippen LogP contribution >= 0.6 is 46.4 Å². The Morgan fingerprint density at radius 3 is 2.25 bits per heavy atom. The second-order valence-electron chi connectivity index (χ2n) is 3.27. The van der Waals surface area contributed by atoms with Crippen molar-refractivity contribution >= 4 is 52.1 Å². The highest BCUT2D eigenvalue weighted by molar-refractivity contribution is 6.37. The number of nitro benzene ring substituents is 1. The second kappa shape index (κ2) is 5.92. The van der Waals surface area contributed by atoms with Crippen molar-refractivity contribution in [1.82, 2.24) is 15.2 Å². The summed E-state index contributed by atoms with van der Waals surface area (Å²) >= 11 is 23.0. The maximum Gasteiger partial charge on any atom is 0.272 e. The molecule has 0 saturated heterocycles. The lowest BCUT2D eigenvalue weighted by atomic mass is 10.3. The Hall–Kier alpha value is -1.41. The molecule has 1 aromatic heterocycles. The first-order valence-corrected chi connectivity index (χ1v) is 6.26. The number of nitro groups is 1. The Labute approximate surface area is 131 Å². The van der Waals surface area contributed by atoms with Crippen LogP contribution in [0.25, 0.3) is 0 Å². The van der Waals surface area contributed by atoms with Gasteiger partial charge < -0.3 is 4.74 Å². The summed E-state index contributed by atoms with van der Waals surface area (Å²) in [6.07, 6.45) is 0. The third-order valence-electron chi connectivity index (χ3n) is 1.98.